The van der Waals surface area contributed by atoms with Gasteiger partial charge in [0.25, 0.3) is 0 Å². The molecule has 0 fully saturated rings. The molecule has 0 aromatic rings. The van der Waals surface area contributed by atoms with Gasteiger partial charge in [-0.2, -0.15) is 0 Å². The van der Waals surface area contributed by atoms with Crippen molar-refractivity contribution in [2.24, 2.45) is 11.5 Å². The van der Waals surface area contributed by atoms with Gasteiger partial charge in [0.2, 0.25) is 5.91 Å². The largest absolute Gasteiger partial charge is 0.368 e. The van der Waals surface area contributed by atoms with Crippen molar-refractivity contribution in [3.8, 4) is 0 Å². The first-order valence-corrected chi connectivity index (χ1v) is 1.68. The molecule has 40 valence electrons. The minimum atomic E-state index is -1.14. The van der Waals surface area contributed by atoms with E-state index in [9.17, 15) is 9.59 Å². The SMILES string of the molecule is NC(=O)C(N)C=O. The maximum Gasteiger partial charge on any atom is 0.241 e. The van der Waals surface area contributed by atoms with Gasteiger partial charge in [-0.3, -0.25) is 4.79 Å². The van der Waals surface area contributed by atoms with E-state index in [0.717, 1.165) is 0 Å². The topological polar surface area (TPSA) is 86.2 Å². The summed E-state index contributed by atoms with van der Waals surface area (Å²) < 4.78 is 0. The van der Waals surface area contributed by atoms with E-state index >= 15 is 0 Å². The third kappa shape index (κ3) is 1.88. The monoisotopic (exact) mass is 102 g/mol. The van der Waals surface area contributed by atoms with Gasteiger partial charge in [-0.25, -0.2) is 0 Å². The molecular formula is C3H6N2O2. The summed E-state index contributed by atoms with van der Waals surface area (Å²) in [6, 6.07) is -1.14. The number of hydrogen-bond donors (Lipinski definition) is 2. The summed E-state index contributed by atoms with van der Waals surface area (Å²) in [6.45, 7) is 0. The van der Waals surface area contributed by atoms with Crippen molar-refractivity contribution in [2.45, 2.75) is 6.04 Å². The van der Waals surface area contributed by atoms with Gasteiger partial charge in [0.05, 0.1) is 0 Å². The highest BCUT2D eigenvalue weighted by Crippen LogP contribution is 1.61. The Hall–Kier alpha value is -0.900. The van der Waals surface area contributed by atoms with Crippen LogP contribution in [0.1, 0.15) is 0 Å². The zero-order valence-electron chi connectivity index (χ0n) is 3.63. The molecule has 0 spiro atoms. The van der Waals surface area contributed by atoms with Crippen LogP contribution in [0.15, 0.2) is 0 Å². The second-order valence-electron chi connectivity index (χ2n) is 1.06. The van der Waals surface area contributed by atoms with Gasteiger partial charge in [-0.05, 0) is 0 Å². The van der Waals surface area contributed by atoms with Crippen molar-refractivity contribution in [3.05, 3.63) is 0 Å². The minimum Gasteiger partial charge on any atom is -0.368 e. The fourth-order valence-corrected chi connectivity index (χ4v) is 0.0671. The molecular weight excluding hydrogens is 96.0 g/mol. The van der Waals surface area contributed by atoms with Crippen molar-refractivity contribution in [1.29, 1.82) is 0 Å². The summed E-state index contributed by atoms with van der Waals surface area (Å²) >= 11 is 0. The molecule has 0 aliphatic carbocycles. The summed E-state index contributed by atoms with van der Waals surface area (Å²) in [4.78, 5) is 19.3. The molecule has 4 heteroatoms. The minimum absolute atomic E-state index is 0.294. The number of carbonyl (C=O) groups is 2. The third-order valence-corrected chi connectivity index (χ3v) is 0.475. The van der Waals surface area contributed by atoms with Gasteiger partial charge in [-0.15, -0.1) is 0 Å². The quantitative estimate of drug-likeness (QED) is 0.312. The van der Waals surface area contributed by atoms with Crippen molar-refractivity contribution in [2.75, 3.05) is 0 Å². The predicted octanol–water partition coefficient (Wildman–Crippen LogP) is -2.00. The smallest absolute Gasteiger partial charge is 0.241 e. The van der Waals surface area contributed by atoms with Crippen molar-refractivity contribution in [3.63, 3.8) is 0 Å². The van der Waals surface area contributed by atoms with Crippen molar-refractivity contribution < 1.29 is 9.59 Å². The Morgan fingerprint density at radius 2 is 2.14 bits per heavy atom. The van der Waals surface area contributed by atoms with Crippen LogP contribution in [0.4, 0.5) is 0 Å². The molecule has 0 aromatic carbocycles. The second-order valence-corrected chi connectivity index (χ2v) is 1.06. The van der Waals surface area contributed by atoms with Crippen molar-refractivity contribution in [1.82, 2.24) is 0 Å². The fraction of sp³-hybridized carbons (Fsp3) is 0.333. The molecule has 0 saturated heterocycles. The number of amides is 1. The number of nitrogens with two attached hydrogens (primary N) is 2. The lowest BCUT2D eigenvalue weighted by molar-refractivity contribution is -0.123. The Bertz CT molecular complexity index is 90.9. The van der Waals surface area contributed by atoms with Crippen LogP contribution < -0.4 is 11.5 Å². The molecule has 4 N–H and O–H groups in total. The Balaban J connectivity index is 3.55. The molecule has 7 heavy (non-hydrogen) atoms. The summed E-state index contributed by atoms with van der Waals surface area (Å²) in [5.41, 5.74) is 9.32. The second kappa shape index (κ2) is 2.30. The lowest BCUT2D eigenvalue weighted by Crippen LogP contribution is -2.37. The molecule has 0 aliphatic heterocycles. The fourth-order valence-electron chi connectivity index (χ4n) is 0.0671. The molecule has 0 saturated carbocycles. The highest BCUT2D eigenvalue weighted by Gasteiger charge is 2.03. The molecule has 0 radical (unpaired) electrons. The van der Waals surface area contributed by atoms with E-state index in [4.69, 9.17) is 5.73 Å². The van der Waals surface area contributed by atoms with Gasteiger partial charge in [0.1, 0.15) is 12.3 Å². The number of aldehydes is 1. The Kier molecular flexibility index (Phi) is 2.01. The number of rotatable bonds is 2. The van der Waals surface area contributed by atoms with Gasteiger partial charge in [0, 0.05) is 0 Å². The summed E-state index contributed by atoms with van der Waals surface area (Å²) in [7, 11) is 0. The maximum absolute atomic E-state index is 9.80. The van der Waals surface area contributed by atoms with Gasteiger partial charge >= 0.3 is 0 Å². The van der Waals surface area contributed by atoms with Crippen LogP contribution in [0.3, 0.4) is 0 Å². The van der Waals surface area contributed by atoms with Crippen LogP contribution in [0.5, 0.6) is 0 Å². The first-order valence-electron chi connectivity index (χ1n) is 1.68. The van der Waals surface area contributed by atoms with E-state index in [-0.39, 0.29) is 0 Å². The summed E-state index contributed by atoms with van der Waals surface area (Å²) in [6.07, 6.45) is 0.294. The molecule has 1 atom stereocenters. The lowest BCUT2D eigenvalue weighted by Gasteiger charge is -1.90. The molecule has 0 aliphatic rings. The van der Waals surface area contributed by atoms with Crippen LogP contribution >= 0.6 is 0 Å². The average molecular weight is 102 g/mol. The Labute approximate surface area is 40.5 Å². The molecule has 1 amide bonds. The predicted molar refractivity (Wildman–Crippen MR) is 23.2 cm³/mol. The van der Waals surface area contributed by atoms with Crippen LogP contribution in [0, 0.1) is 0 Å². The molecule has 0 heterocycles. The summed E-state index contributed by atoms with van der Waals surface area (Å²) in [5.74, 6) is -0.796. The van der Waals surface area contributed by atoms with E-state index in [2.05, 4.69) is 5.73 Å². The average Bonchev–Trinajstić information content (AvgIpc) is 1.65. The standard InChI is InChI=1S/C3H6N2O2/c4-2(1-6)3(5)7/h1-2H,4H2,(H2,5,7). The highest BCUT2D eigenvalue weighted by molar-refractivity contribution is 5.94. The zero-order chi connectivity index (χ0) is 5.86. The first kappa shape index (κ1) is 6.10. The van der Waals surface area contributed by atoms with Crippen LogP contribution in [-0.2, 0) is 9.59 Å². The molecule has 0 aromatic heterocycles. The van der Waals surface area contributed by atoms with Gasteiger partial charge in [0.15, 0.2) is 0 Å². The lowest BCUT2D eigenvalue weighted by atomic mass is 10.3. The van der Waals surface area contributed by atoms with Crippen LogP contribution in [0.25, 0.3) is 0 Å². The van der Waals surface area contributed by atoms with Gasteiger partial charge in [-0.1, -0.05) is 0 Å². The maximum atomic E-state index is 9.80. The van der Waals surface area contributed by atoms with Crippen LogP contribution in [0.2, 0.25) is 0 Å². The molecule has 4 nitrogen and oxygen atoms in total. The number of carbonyl (C=O) groups excluding carboxylic acids is 2. The van der Waals surface area contributed by atoms with E-state index in [1.165, 1.54) is 0 Å². The first-order chi connectivity index (χ1) is 3.18. The highest BCUT2D eigenvalue weighted by atomic mass is 16.2. The Morgan fingerprint density at radius 3 is 2.14 bits per heavy atom. The van der Waals surface area contributed by atoms with Crippen LogP contribution in [-0.4, -0.2) is 18.2 Å². The van der Waals surface area contributed by atoms with E-state index in [0.29, 0.717) is 6.29 Å². The number of hydrogen-bond acceptors (Lipinski definition) is 3. The molecule has 1 unspecified atom stereocenters. The molecule has 0 rings (SSSR count). The number of primary amides is 1. The summed E-state index contributed by atoms with van der Waals surface area (Å²) in [5, 5.41) is 0. The zero-order valence-corrected chi connectivity index (χ0v) is 3.63. The Morgan fingerprint density at radius 1 is 1.71 bits per heavy atom. The third-order valence-electron chi connectivity index (χ3n) is 0.475. The normalized spacial score (nSPS) is 12.7. The van der Waals surface area contributed by atoms with E-state index in [1.54, 1.807) is 0 Å². The van der Waals surface area contributed by atoms with Crippen molar-refractivity contribution >= 4 is 12.2 Å². The van der Waals surface area contributed by atoms with E-state index < -0.39 is 11.9 Å². The molecule has 0 bridgehead atoms. The van der Waals surface area contributed by atoms with E-state index in [1.807, 2.05) is 0 Å². The van der Waals surface area contributed by atoms with Gasteiger partial charge < -0.3 is 16.3 Å².